The number of nitrogens with one attached hydrogen (secondary N) is 1. The summed E-state index contributed by atoms with van der Waals surface area (Å²) in [6.45, 7) is 9.24. The first kappa shape index (κ1) is 20.1. The first-order valence-corrected chi connectivity index (χ1v) is 8.58. The van der Waals surface area contributed by atoms with Crippen molar-refractivity contribution in [3.8, 4) is 5.75 Å². The Morgan fingerprint density at radius 2 is 1.77 bits per heavy atom. The lowest BCUT2D eigenvalue weighted by atomic mass is 9.79. The molecular formula is C21H26ClNO3. The van der Waals surface area contributed by atoms with Crippen LogP contribution in [0.15, 0.2) is 42.5 Å². The SMILES string of the molecule is Cc1cc([C@@H]2NC(=O)OCC2(C)C)cc(C)c1OCc1ccccc1.Cl. The van der Waals surface area contributed by atoms with Crippen molar-refractivity contribution in [2.75, 3.05) is 6.61 Å². The van der Waals surface area contributed by atoms with E-state index in [4.69, 9.17) is 9.47 Å². The van der Waals surface area contributed by atoms with Gasteiger partial charge in [0.2, 0.25) is 0 Å². The van der Waals surface area contributed by atoms with Crippen molar-refractivity contribution in [3.05, 3.63) is 64.7 Å². The maximum Gasteiger partial charge on any atom is 0.407 e. The van der Waals surface area contributed by atoms with E-state index in [-0.39, 0.29) is 30.0 Å². The third kappa shape index (κ3) is 4.31. The summed E-state index contributed by atoms with van der Waals surface area (Å²) < 4.78 is 11.2. The van der Waals surface area contributed by atoms with Gasteiger partial charge in [-0.3, -0.25) is 0 Å². The van der Waals surface area contributed by atoms with Gasteiger partial charge in [-0.15, -0.1) is 12.4 Å². The van der Waals surface area contributed by atoms with E-state index >= 15 is 0 Å². The molecule has 1 atom stereocenters. The summed E-state index contributed by atoms with van der Waals surface area (Å²) in [6, 6.07) is 14.3. The second-order valence-electron chi connectivity index (χ2n) is 7.40. The third-order valence-electron chi connectivity index (χ3n) is 4.66. The molecular weight excluding hydrogens is 350 g/mol. The van der Waals surface area contributed by atoms with Crippen molar-refractivity contribution < 1.29 is 14.3 Å². The predicted octanol–water partition coefficient (Wildman–Crippen LogP) is 5.11. The number of benzene rings is 2. The molecule has 3 rings (SSSR count). The molecule has 140 valence electrons. The first-order chi connectivity index (χ1) is 11.9. The maximum atomic E-state index is 11.7. The summed E-state index contributed by atoms with van der Waals surface area (Å²) in [5, 5.41) is 2.95. The van der Waals surface area contributed by atoms with Gasteiger partial charge in [-0.1, -0.05) is 56.3 Å². The van der Waals surface area contributed by atoms with Gasteiger partial charge in [0.25, 0.3) is 0 Å². The molecule has 4 nitrogen and oxygen atoms in total. The Bertz CT molecular complexity index is 751. The van der Waals surface area contributed by atoms with E-state index in [1.54, 1.807) is 0 Å². The summed E-state index contributed by atoms with van der Waals surface area (Å²) in [5.74, 6) is 0.906. The molecule has 0 bridgehead atoms. The second kappa shape index (κ2) is 8.00. The highest BCUT2D eigenvalue weighted by molar-refractivity contribution is 5.85. The van der Waals surface area contributed by atoms with Crippen molar-refractivity contribution >= 4 is 18.5 Å². The molecule has 1 fully saturated rings. The zero-order valence-electron chi connectivity index (χ0n) is 15.7. The Balaban J connectivity index is 0.00000243. The number of aryl methyl sites for hydroxylation is 2. The van der Waals surface area contributed by atoms with Gasteiger partial charge in [0.1, 0.15) is 19.0 Å². The zero-order valence-corrected chi connectivity index (χ0v) is 16.5. The number of cyclic esters (lactones) is 1. The number of carbonyl (C=O) groups excluding carboxylic acids is 1. The van der Waals surface area contributed by atoms with E-state index in [2.05, 4.69) is 43.4 Å². The van der Waals surface area contributed by atoms with Crippen LogP contribution in [0.25, 0.3) is 0 Å². The van der Waals surface area contributed by atoms with Crippen LogP contribution in [-0.4, -0.2) is 12.7 Å². The lowest BCUT2D eigenvalue weighted by Crippen LogP contribution is -2.46. The molecule has 1 amide bonds. The number of carbonyl (C=O) groups is 1. The summed E-state index contributed by atoms with van der Waals surface area (Å²) in [5.41, 5.74) is 4.20. The number of alkyl carbamates (subject to hydrolysis) is 1. The van der Waals surface area contributed by atoms with E-state index < -0.39 is 0 Å². The van der Waals surface area contributed by atoms with Gasteiger partial charge >= 0.3 is 6.09 Å². The van der Waals surface area contributed by atoms with Crippen molar-refractivity contribution in [2.24, 2.45) is 5.41 Å². The van der Waals surface area contributed by atoms with E-state index in [0.29, 0.717) is 13.2 Å². The highest BCUT2D eigenvalue weighted by Crippen LogP contribution is 2.38. The molecule has 5 heteroatoms. The minimum Gasteiger partial charge on any atom is -0.488 e. The molecule has 1 aliphatic heterocycles. The molecule has 1 aliphatic rings. The molecule has 1 N–H and O–H groups in total. The van der Waals surface area contributed by atoms with Crippen molar-refractivity contribution in [3.63, 3.8) is 0 Å². The Morgan fingerprint density at radius 1 is 1.15 bits per heavy atom. The van der Waals surface area contributed by atoms with E-state index in [9.17, 15) is 4.79 Å². The van der Waals surface area contributed by atoms with Gasteiger partial charge < -0.3 is 14.8 Å². The predicted molar refractivity (Wildman–Crippen MR) is 105 cm³/mol. The molecule has 0 radical (unpaired) electrons. The van der Waals surface area contributed by atoms with Gasteiger partial charge in [-0.2, -0.15) is 0 Å². The summed E-state index contributed by atoms with van der Waals surface area (Å²) in [7, 11) is 0. The molecule has 0 aromatic heterocycles. The van der Waals surface area contributed by atoms with Crippen LogP contribution in [0.5, 0.6) is 5.75 Å². The van der Waals surface area contributed by atoms with Crippen LogP contribution < -0.4 is 10.1 Å². The maximum absolute atomic E-state index is 11.7. The Kier molecular flexibility index (Phi) is 6.19. The molecule has 0 aliphatic carbocycles. The number of ether oxygens (including phenoxy) is 2. The number of hydrogen-bond donors (Lipinski definition) is 1. The topological polar surface area (TPSA) is 47.6 Å². The summed E-state index contributed by atoms with van der Waals surface area (Å²) >= 11 is 0. The molecule has 0 spiro atoms. The van der Waals surface area contributed by atoms with Crippen LogP contribution in [0.2, 0.25) is 0 Å². The van der Waals surface area contributed by atoms with Crippen molar-refractivity contribution in [2.45, 2.75) is 40.3 Å². The number of hydrogen-bond acceptors (Lipinski definition) is 3. The first-order valence-electron chi connectivity index (χ1n) is 8.58. The lowest BCUT2D eigenvalue weighted by molar-refractivity contribution is 0.0387. The normalized spacial score (nSPS) is 18.3. The van der Waals surface area contributed by atoms with Crippen LogP contribution in [0, 0.1) is 19.3 Å². The van der Waals surface area contributed by atoms with E-state index in [0.717, 1.165) is 28.0 Å². The lowest BCUT2D eigenvalue weighted by Gasteiger charge is -2.39. The van der Waals surface area contributed by atoms with Gasteiger partial charge in [-0.05, 0) is 36.1 Å². The summed E-state index contributed by atoms with van der Waals surface area (Å²) in [4.78, 5) is 11.7. The minimum absolute atomic E-state index is 0. The number of rotatable bonds is 4. The number of amides is 1. The molecule has 1 heterocycles. The highest BCUT2D eigenvalue weighted by atomic mass is 35.5. The second-order valence-corrected chi connectivity index (χ2v) is 7.40. The van der Waals surface area contributed by atoms with Gasteiger partial charge in [0.05, 0.1) is 6.04 Å². The fourth-order valence-corrected chi connectivity index (χ4v) is 3.33. The fraction of sp³-hybridized carbons (Fsp3) is 0.381. The van der Waals surface area contributed by atoms with Crippen LogP contribution in [0.3, 0.4) is 0 Å². The van der Waals surface area contributed by atoms with Gasteiger partial charge in [-0.25, -0.2) is 4.79 Å². The van der Waals surface area contributed by atoms with Crippen LogP contribution >= 0.6 is 12.4 Å². The highest BCUT2D eigenvalue weighted by Gasteiger charge is 2.38. The standard InChI is InChI=1S/C21H25NO3.ClH/c1-14-10-17(19-21(3,4)13-25-20(23)22-19)11-15(2)18(14)24-12-16-8-6-5-7-9-16;/h5-11,19H,12-13H2,1-4H3,(H,22,23);1H/t19-;/m0./s1. The summed E-state index contributed by atoms with van der Waals surface area (Å²) in [6.07, 6.45) is -0.357. The molecule has 2 aromatic rings. The van der Waals surface area contributed by atoms with Crippen molar-refractivity contribution in [1.29, 1.82) is 0 Å². The van der Waals surface area contributed by atoms with Crippen LogP contribution in [0.4, 0.5) is 4.79 Å². The van der Waals surface area contributed by atoms with Crippen LogP contribution in [0.1, 0.15) is 42.1 Å². The Hall–Kier alpha value is -2.20. The van der Waals surface area contributed by atoms with Gasteiger partial charge in [0, 0.05) is 5.41 Å². The molecule has 1 saturated heterocycles. The largest absolute Gasteiger partial charge is 0.488 e. The monoisotopic (exact) mass is 375 g/mol. The third-order valence-corrected chi connectivity index (χ3v) is 4.66. The van der Waals surface area contributed by atoms with Crippen LogP contribution in [-0.2, 0) is 11.3 Å². The molecule has 26 heavy (non-hydrogen) atoms. The van der Waals surface area contributed by atoms with E-state index in [1.165, 1.54) is 0 Å². The quantitative estimate of drug-likeness (QED) is 0.807. The van der Waals surface area contributed by atoms with Crippen molar-refractivity contribution in [1.82, 2.24) is 5.32 Å². The molecule has 0 saturated carbocycles. The average Bonchev–Trinajstić information content (AvgIpc) is 2.57. The zero-order chi connectivity index (χ0) is 18.0. The number of halogens is 1. The molecule has 0 unspecified atom stereocenters. The Morgan fingerprint density at radius 3 is 2.38 bits per heavy atom. The van der Waals surface area contributed by atoms with Gasteiger partial charge in [0.15, 0.2) is 0 Å². The fourth-order valence-electron chi connectivity index (χ4n) is 3.33. The average molecular weight is 376 g/mol. The smallest absolute Gasteiger partial charge is 0.407 e. The molecule has 2 aromatic carbocycles. The Labute approximate surface area is 161 Å². The minimum atomic E-state index is -0.357. The van der Waals surface area contributed by atoms with E-state index in [1.807, 2.05) is 32.0 Å².